The molecule has 0 aromatic heterocycles. The maximum atomic E-state index is 9.97. The van der Waals surface area contributed by atoms with E-state index in [-0.39, 0.29) is 6.10 Å². The van der Waals surface area contributed by atoms with Gasteiger partial charge in [0.05, 0.1) is 6.10 Å². The van der Waals surface area contributed by atoms with Crippen molar-refractivity contribution in [1.29, 1.82) is 0 Å². The number of allylic oxidation sites excluding steroid dienone is 1. The van der Waals surface area contributed by atoms with Gasteiger partial charge >= 0.3 is 0 Å². The predicted molar refractivity (Wildman–Crippen MR) is 82.3 cm³/mol. The van der Waals surface area contributed by atoms with Crippen molar-refractivity contribution in [2.75, 3.05) is 0 Å². The number of aliphatic hydroxyl groups excluding tert-OH is 1. The molecule has 1 heteroatoms. The zero-order chi connectivity index (χ0) is 14.0. The van der Waals surface area contributed by atoms with E-state index in [1.165, 1.54) is 51.4 Å². The van der Waals surface area contributed by atoms with Crippen molar-refractivity contribution < 1.29 is 5.11 Å². The number of hydrogen-bond acceptors (Lipinski definition) is 1. The van der Waals surface area contributed by atoms with Gasteiger partial charge in [-0.1, -0.05) is 31.9 Å². The van der Waals surface area contributed by atoms with Gasteiger partial charge in [-0.15, -0.1) is 0 Å². The van der Waals surface area contributed by atoms with Crippen LogP contribution in [0.15, 0.2) is 11.6 Å². The zero-order valence-corrected chi connectivity index (χ0v) is 13.2. The third kappa shape index (κ3) is 1.71. The Bertz CT molecular complexity index is 439. The molecule has 1 nitrogen and oxygen atoms in total. The average molecular weight is 274 g/mol. The van der Waals surface area contributed by atoms with E-state index in [0.29, 0.717) is 10.8 Å². The van der Waals surface area contributed by atoms with Crippen LogP contribution >= 0.6 is 0 Å². The van der Waals surface area contributed by atoms with Crippen molar-refractivity contribution in [3.05, 3.63) is 11.6 Å². The summed E-state index contributed by atoms with van der Waals surface area (Å²) in [5.74, 6) is 2.89. The lowest BCUT2D eigenvalue weighted by Crippen LogP contribution is -2.49. The second-order valence-corrected chi connectivity index (χ2v) is 8.72. The van der Waals surface area contributed by atoms with Crippen LogP contribution in [0.3, 0.4) is 0 Å². The topological polar surface area (TPSA) is 20.2 Å². The Hall–Kier alpha value is -0.300. The van der Waals surface area contributed by atoms with Crippen LogP contribution in [0, 0.1) is 28.6 Å². The molecule has 0 spiro atoms. The second kappa shape index (κ2) is 4.35. The van der Waals surface area contributed by atoms with Gasteiger partial charge in [-0.2, -0.15) is 0 Å². The molecule has 0 saturated heterocycles. The molecule has 4 rings (SSSR count). The summed E-state index contributed by atoms with van der Waals surface area (Å²) in [6, 6.07) is 0. The maximum Gasteiger partial charge on any atom is 0.0724 e. The fraction of sp³-hybridized carbons (Fsp3) is 0.895. The highest BCUT2D eigenvalue weighted by molar-refractivity contribution is 5.25. The van der Waals surface area contributed by atoms with E-state index in [1.807, 2.05) is 0 Å². The van der Waals surface area contributed by atoms with Gasteiger partial charge < -0.3 is 5.11 Å². The van der Waals surface area contributed by atoms with Crippen LogP contribution in [-0.2, 0) is 0 Å². The highest BCUT2D eigenvalue weighted by atomic mass is 16.3. The first-order valence-corrected chi connectivity index (χ1v) is 8.92. The van der Waals surface area contributed by atoms with Crippen molar-refractivity contribution in [1.82, 2.24) is 0 Å². The van der Waals surface area contributed by atoms with Crippen molar-refractivity contribution >= 4 is 0 Å². The van der Waals surface area contributed by atoms with Crippen LogP contribution in [0.1, 0.15) is 71.6 Å². The quantitative estimate of drug-likeness (QED) is 0.635. The molecule has 20 heavy (non-hydrogen) atoms. The van der Waals surface area contributed by atoms with E-state index in [4.69, 9.17) is 0 Å². The van der Waals surface area contributed by atoms with E-state index in [2.05, 4.69) is 19.9 Å². The normalized spacial score (nSPS) is 54.6. The molecule has 6 atom stereocenters. The van der Waals surface area contributed by atoms with E-state index in [9.17, 15) is 5.11 Å². The van der Waals surface area contributed by atoms with Crippen LogP contribution in [0.5, 0.6) is 0 Å². The first-order chi connectivity index (χ1) is 9.53. The van der Waals surface area contributed by atoms with Gasteiger partial charge in [0.1, 0.15) is 0 Å². The van der Waals surface area contributed by atoms with Gasteiger partial charge in [-0.3, -0.25) is 0 Å². The lowest BCUT2D eigenvalue weighted by molar-refractivity contribution is -0.0411. The molecule has 5 unspecified atom stereocenters. The molecule has 0 aliphatic heterocycles. The highest BCUT2D eigenvalue weighted by Gasteiger charge is 2.55. The minimum absolute atomic E-state index is 0.157. The summed E-state index contributed by atoms with van der Waals surface area (Å²) in [6.45, 7) is 5.11. The number of rotatable bonds is 0. The molecule has 0 heterocycles. The molecule has 0 amide bonds. The first kappa shape index (κ1) is 13.4. The molecule has 4 aliphatic rings. The van der Waals surface area contributed by atoms with Gasteiger partial charge in [0.2, 0.25) is 0 Å². The van der Waals surface area contributed by atoms with Crippen LogP contribution in [-0.4, -0.2) is 11.2 Å². The Balaban J connectivity index is 1.68. The summed E-state index contributed by atoms with van der Waals surface area (Å²) in [5, 5.41) is 9.97. The fourth-order valence-electron chi connectivity index (χ4n) is 6.70. The van der Waals surface area contributed by atoms with Crippen LogP contribution in [0.4, 0.5) is 0 Å². The Kier molecular flexibility index (Phi) is 2.91. The van der Waals surface area contributed by atoms with E-state index >= 15 is 0 Å². The van der Waals surface area contributed by atoms with Crippen molar-refractivity contribution in [2.24, 2.45) is 28.6 Å². The molecule has 112 valence electrons. The van der Waals surface area contributed by atoms with Crippen LogP contribution < -0.4 is 0 Å². The number of fused-ring (bicyclic) bond motifs is 5. The van der Waals surface area contributed by atoms with Crippen molar-refractivity contribution in [3.63, 3.8) is 0 Å². The fourth-order valence-corrected chi connectivity index (χ4v) is 6.70. The second-order valence-electron chi connectivity index (χ2n) is 8.72. The smallest absolute Gasteiger partial charge is 0.0724 e. The minimum Gasteiger partial charge on any atom is -0.389 e. The predicted octanol–water partition coefficient (Wildman–Crippen LogP) is 4.70. The standard InChI is InChI=1S/C19H30O/c1-18-9-3-4-16(18)15-6-5-13-12-14(20)7-11-19(13,2)17(15)8-10-18/h12,14-17,20H,3-11H2,1-2H3/t14?,15?,16?,17?,18-,19?/m0/s1. The molecule has 0 aromatic carbocycles. The first-order valence-electron chi connectivity index (χ1n) is 8.92. The van der Waals surface area contributed by atoms with Gasteiger partial charge in [0, 0.05) is 0 Å². The molecule has 0 aromatic rings. The van der Waals surface area contributed by atoms with E-state index in [0.717, 1.165) is 24.2 Å². The van der Waals surface area contributed by atoms with Crippen LogP contribution in [0.2, 0.25) is 0 Å². The molecule has 0 radical (unpaired) electrons. The van der Waals surface area contributed by atoms with Crippen molar-refractivity contribution in [3.8, 4) is 0 Å². The lowest BCUT2D eigenvalue weighted by atomic mass is 9.47. The van der Waals surface area contributed by atoms with Gasteiger partial charge in [0.25, 0.3) is 0 Å². The summed E-state index contributed by atoms with van der Waals surface area (Å²) in [7, 11) is 0. The SMILES string of the molecule is CC12CCC(O)C=C1CCC1C2CC[C@]2(C)CCCC12. The summed E-state index contributed by atoms with van der Waals surface area (Å²) in [5.41, 5.74) is 2.71. The largest absolute Gasteiger partial charge is 0.389 e. The van der Waals surface area contributed by atoms with Gasteiger partial charge in [-0.05, 0) is 80.0 Å². The summed E-state index contributed by atoms with van der Waals surface area (Å²) < 4.78 is 0. The Morgan fingerprint density at radius 3 is 2.70 bits per heavy atom. The van der Waals surface area contributed by atoms with E-state index in [1.54, 1.807) is 5.57 Å². The number of aliphatic hydroxyl groups is 1. The van der Waals surface area contributed by atoms with Gasteiger partial charge in [0.15, 0.2) is 0 Å². The zero-order valence-electron chi connectivity index (χ0n) is 13.2. The third-order valence-electron chi connectivity index (χ3n) is 7.87. The Morgan fingerprint density at radius 2 is 1.85 bits per heavy atom. The Labute approximate surface area is 123 Å². The molecule has 3 saturated carbocycles. The average Bonchev–Trinajstić information content (AvgIpc) is 2.81. The number of hydrogen-bond donors (Lipinski definition) is 1. The van der Waals surface area contributed by atoms with Crippen molar-refractivity contribution in [2.45, 2.75) is 77.7 Å². The van der Waals surface area contributed by atoms with E-state index < -0.39 is 0 Å². The Morgan fingerprint density at radius 1 is 1.00 bits per heavy atom. The molecular weight excluding hydrogens is 244 g/mol. The summed E-state index contributed by atoms with van der Waals surface area (Å²) in [6.07, 6.45) is 14.3. The van der Waals surface area contributed by atoms with Gasteiger partial charge in [-0.25, -0.2) is 0 Å². The molecule has 4 aliphatic carbocycles. The maximum absolute atomic E-state index is 9.97. The molecule has 1 N–H and O–H groups in total. The molecular formula is C19H30O. The third-order valence-corrected chi connectivity index (χ3v) is 7.87. The molecule has 3 fully saturated rings. The minimum atomic E-state index is -0.157. The monoisotopic (exact) mass is 274 g/mol. The lowest BCUT2D eigenvalue weighted by Gasteiger charge is -2.57. The molecule has 0 bridgehead atoms. The summed E-state index contributed by atoms with van der Waals surface area (Å²) >= 11 is 0. The summed E-state index contributed by atoms with van der Waals surface area (Å²) in [4.78, 5) is 0. The van der Waals surface area contributed by atoms with Crippen LogP contribution in [0.25, 0.3) is 0 Å². The highest BCUT2D eigenvalue weighted by Crippen LogP contribution is 2.65.